The lowest BCUT2D eigenvalue weighted by atomic mass is 10.1. The van der Waals surface area contributed by atoms with Crippen molar-refractivity contribution in [3.8, 4) is 0 Å². The zero-order valence-corrected chi connectivity index (χ0v) is 20.7. The Morgan fingerprint density at radius 3 is 2.41 bits per heavy atom. The SMILES string of the molecule is C=CCn1c(CSc2ccc(C)cc2)nnc1SC(CC)C(=O)Nc1cc(C)cc(C)c1. The van der Waals surface area contributed by atoms with Crippen molar-refractivity contribution in [1.29, 1.82) is 0 Å². The van der Waals surface area contributed by atoms with Gasteiger partial charge in [0.05, 0.1) is 11.0 Å². The summed E-state index contributed by atoms with van der Waals surface area (Å²) in [6.07, 6.45) is 2.53. The van der Waals surface area contributed by atoms with Crippen LogP contribution in [0, 0.1) is 20.8 Å². The Labute approximate surface area is 199 Å². The molecule has 5 nitrogen and oxygen atoms in total. The number of anilines is 1. The molecule has 7 heteroatoms. The molecule has 32 heavy (non-hydrogen) atoms. The van der Waals surface area contributed by atoms with Crippen molar-refractivity contribution in [2.24, 2.45) is 0 Å². The Morgan fingerprint density at radius 1 is 1.09 bits per heavy atom. The minimum Gasteiger partial charge on any atom is -0.325 e. The van der Waals surface area contributed by atoms with Crippen molar-refractivity contribution in [1.82, 2.24) is 14.8 Å². The topological polar surface area (TPSA) is 59.8 Å². The maximum absolute atomic E-state index is 13.0. The number of nitrogens with one attached hydrogen (secondary N) is 1. The second-order valence-corrected chi connectivity index (χ2v) is 10.00. The Bertz CT molecular complexity index is 1060. The average molecular weight is 467 g/mol. The highest BCUT2D eigenvalue weighted by Gasteiger charge is 2.22. The highest BCUT2D eigenvalue weighted by atomic mass is 32.2. The molecule has 0 fully saturated rings. The predicted molar refractivity (Wildman–Crippen MR) is 135 cm³/mol. The summed E-state index contributed by atoms with van der Waals surface area (Å²) < 4.78 is 2.05. The van der Waals surface area contributed by atoms with Gasteiger partial charge in [-0.1, -0.05) is 48.5 Å². The van der Waals surface area contributed by atoms with Gasteiger partial charge >= 0.3 is 0 Å². The number of thioether (sulfide) groups is 2. The van der Waals surface area contributed by atoms with Gasteiger partial charge in [-0.2, -0.15) is 0 Å². The number of hydrogen-bond acceptors (Lipinski definition) is 5. The third kappa shape index (κ3) is 6.50. The van der Waals surface area contributed by atoms with Gasteiger partial charge in [-0.05, 0) is 62.6 Å². The third-order valence-electron chi connectivity index (χ3n) is 4.89. The van der Waals surface area contributed by atoms with E-state index in [0.29, 0.717) is 18.7 Å². The average Bonchev–Trinajstić information content (AvgIpc) is 3.12. The van der Waals surface area contributed by atoms with E-state index >= 15 is 0 Å². The quantitative estimate of drug-likeness (QED) is 0.285. The zero-order chi connectivity index (χ0) is 23.1. The summed E-state index contributed by atoms with van der Waals surface area (Å²) in [5.74, 6) is 1.56. The number of hydrogen-bond donors (Lipinski definition) is 1. The van der Waals surface area contributed by atoms with Crippen LogP contribution in [0.1, 0.15) is 35.9 Å². The molecule has 1 unspecified atom stereocenters. The number of carbonyl (C=O) groups is 1. The van der Waals surface area contributed by atoms with Crippen molar-refractivity contribution < 1.29 is 4.79 Å². The molecule has 2 aromatic carbocycles. The van der Waals surface area contributed by atoms with Gasteiger partial charge in [0, 0.05) is 17.1 Å². The normalized spacial score (nSPS) is 11.9. The number of aromatic nitrogens is 3. The van der Waals surface area contributed by atoms with Crippen LogP contribution in [-0.2, 0) is 17.1 Å². The van der Waals surface area contributed by atoms with Gasteiger partial charge in [-0.25, -0.2) is 0 Å². The van der Waals surface area contributed by atoms with Crippen molar-refractivity contribution >= 4 is 35.1 Å². The van der Waals surface area contributed by atoms with Crippen LogP contribution < -0.4 is 5.32 Å². The summed E-state index contributed by atoms with van der Waals surface area (Å²) in [5, 5.41) is 12.4. The summed E-state index contributed by atoms with van der Waals surface area (Å²) in [7, 11) is 0. The van der Waals surface area contributed by atoms with E-state index in [2.05, 4.69) is 59.3 Å². The van der Waals surface area contributed by atoms with Crippen LogP contribution in [0.15, 0.2) is 65.2 Å². The Hall–Kier alpha value is -2.51. The van der Waals surface area contributed by atoms with Crippen molar-refractivity contribution in [3.05, 3.63) is 77.6 Å². The molecular weight excluding hydrogens is 436 g/mol. The lowest BCUT2D eigenvalue weighted by Crippen LogP contribution is -2.25. The lowest BCUT2D eigenvalue weighted by molar-refractivity contribution is -0.115. The fraction of sp³-hybridized carbons (Fsp3) is 0.320. The molecule has 1 aromatic heterocycles. The number of amides is 1. The van der Waals surface area contributed by atoms with Crippen molar-refractivity contribution in [2.75, 3.05) is 5.32 Å². The summed E-state index contributed by atoms with van der Waals surface area (Å²) >= 11 is 3.18. The van der Waals surface area contributed by atoms with Crippen LogP contribution in [-0.4, -0.2) is 25.9 Å². The smallest absolute Gasteiger partial charge is 0.237 e. The van der Waals surface area contributed by atoms with E-state index in [1.54, 1.807) is 11.8 Å². The zero-order valence-electron chi connectivity index (χ0n) is 19.1. The molecule has 3 aromatic rings. The van der Waals surface area contributed by atoms with Gasteiger partial charge in [0.2, 0.25) is 5.91 Å². The van der Waals surface area contributed by atoms with Crippen LogP contribution in [0.2, 0.25) is 0 Å². The van der Waals surface area contributed by atoms with E-state index in [0.717, 1.165) is 27.8 Å². The molecule has 0 aliphatic heterocycles. The number of allylic oxidation sites excluding steroid dienone is 1. The highest BCUT2D eigenvalue weighted by Crippen LogP contribution is 2.29. The number of carbonyl (C=O) groups excluding carboxylic acids is 1. The standard InChI is InChI=1S/C25H30N4OS2/c1-6-12-29-23(16-31-21-10-8-17(3)9-11-21)27-28-25(29)32-22(7-2)24(30)26-20-14-18(4)13-19(5)15-20/h6,8-11,13-15,22H,1,7,12,16H2,2-5H3,(H,26,30). The molecule has 1 atom stereocenters. The van der Waals surface area contributed by atoms with Gasteiger partial charge in [-0.15, -0.1) is 28.5 Å². The highest BCUT2D eigenvalue weighted by molar-refractivity contribution is 8.00. The van der Waals surface area contributed by atoms with Gasteiger partial charge in [0.15, 0.2) is 5.16 Å². The van der Waals surface area contributed by atoms with Crippen LogP contribution in [0.5, 0.6) is 0 Å². The first-order chi connectivity index (χ1) is 15.4. The minimum absolute atomic E-state index is 0.0220. The van der Waals surface area contributed by atoms with Crippen LogP contribution in [0.25, 0.3) is 0 Å². The number of aryl methyl sites for hydroxylation is 3. The maximum atomic E-state index is 13.0. The molecule has 0 saturated carbocycles. The van der Waals surface area contributed by atoms with Crippen LogP contribution in [0.3, 0.4) is 0 Å². The summed E-state index contributed by atoms with van der Waals surface area (Å²) in [6, 6.07) is 14.5. The molecule has 168 valence electrons. The van der Waals surface area contributed by atoms with Gasteiger partial charge in [0.1, 0.15) is 5.82 Å². The maximum Gasteiger partial charge on any atom is 0.237 e. The number of rotatable bonds is 10. The molecule has 0 saturated heterocycles. The molecule has 0 aliphatic carbocycles. The lowest BCUT2D eigenvalue weighted by Gasteiger charge is -2.16. The van der Waals surface area contributed by atoms with Gasteiger partial charge < -0.3 is 9.88 Å². The molecule has 1 N–H and O–H groups in total. The molecule has 0 aliphatic rings. The Morgan fingerprint density at radius 2 is 1.78 bits per heavy atom. The van der Waals surface area contributed by atoms with E-state index < -0.39 is 0 Å². The Balaban J connectivity index is 1.71. The second kappa shape index (κ2) is 11.4. The van der Waals surface area contributed by atoms with E-state index in [1.807, 2.05) is 43.5 Å². The fourth-order valence-corrected chi connectivity index (χ4v) is 5.15. The minimum atomic E-state index is -0.263. The largest absolute Gasteiger partial charge is 0.325 e. The summed E-state index contributed by atoms with van der Waals surface area (Å²) in [4.78, 5) is 14.2. The van der Waals surface area contributed by atoms with E-state index in [1.165, 1.54) is 22.2 Å². The monoisotopic (exact) mass is 466 g/mol. The van der Waals surface area contributed by atoms with Gasteiger partial charge in [0.25, 0.3) is 0 Å². The molecule has 0 radical (unpaired) electrons. The van der Waals surface area contributed by atoms with E-state index in [9.17, 15) is 4.79 Å². The molecule has 0 bridgehead atoms. The second-order valence-electron chi connectivity index (χ2n) is 7.78. The molecule has 1 amide bonds. The van der Waals surface area contributed by atoms with E-state index in [-0.39, 0.29) is 11.2 Å². The summed E-state index contributed by atoms with van der Waals surface area (Å²) in [6.45, 7) is 12.6. The van der Waals surface area contributed by atoms with Crippen LogP contribution >= 0.6 is 23.5 Å². The Kier molecular flexibility index (Phi) is 8.59. The number of nitrogens with zero attached hydrogens (tertiary/aromatic N) is 3. The fourth-order valence-electron chi connectivity index (χ4n) is 3.33. The molecule has 3 rings (SSSR count). The van der Waals surface area contributed by atoms with Crippen LogP contribution in [0.4, 0.5) is 5.69 Å². The number of benzene rings is 2. The van der Waals surface area contributed by atoms with Gasteiger partial charge in [-0.3, -0.25) is 4.79 Å². The first-order valence-electron chi connectivity index (χ1n) is 10.7. The predicted octanol–water partition coefficient (Wildman–Crippen LogP) is 6.19. The van der Waals surface area contributed by atoms with Crippen molar-refractivity contribution in [3.63, 3.8) is 0 Å². The molecule has 0 spiro atoms. The first-order valence-corrected chi connectivity index (χ1v) is 12.5. The molecular formula is C25H30N4OS2. The van der Waals surface area contributed by atoms with E-state index in [4.69, 9.17) is 0 Å². The van der Waals surface area contributed by atoms with Crippen molar-refractivity contribution in [2.45, 2.75) is 61.7 Å². The first kappa shape index (κ1) is 24.1. The summed E-state index contributed by atoms with van der Waals surface area (Å²) in [5.41, 5.74) is 4.33. The molecule has 1 heterocycles. The third-order valence-corrected chi connectivity index (χ3v) is 7.25.